The fourth-order valence-electron chi connectivity index (χ4n) is 4.11. The lowest BCUT2D eigenvalue weighted by atomic mass is 10.2. The minimum atomic E-state index is -0.252. The second-order valence-electron chi connectivity index (χ2n) is 8.77. The van der Waals surface area contributed by atoms with Gasteiger partial charge in [0.15, 0.2) is 0 Å². The predicted molar refractivity (Wildman–Crippen MR) is 139 cm³/mol. The van der Waals surface area contributed by atoms with Crippen LogP contribution in [0.4, 0.5) is 16.3 Å². The van der Waals surface area contributed by atoms with Crippen molar-refractivity contribution < 1.29 is 14.3 Å². The molecule has 1 aliphatic heterocycles. The van der Waals surface area contributed by atoms with Gasteiger partial charge in [-0.15, -0.1) is 0 Å². The molecule has 0 unspecified atom stereocenters. The first-order valence-corrected chi connectivity index (χ1v) is 12.2. The van der Waals surface area contributed by atoms with Gasteiger partial charge in [0.05, 0.1) is 20.3 Å². The summed E-state index contributed by atoms with van der Waals surface area (Å²) < 4.78 is 11.0. The molecule has 0 atom stereocenters. The number of carbonyl (C=O) groups is 1. The first-order valence-electron chi connectivity index (χ1n) is 12.2. The van der Waals surface area contributed by atoms with Gasteiger partial charge >= 0.3 is 6.03 Å². The van der Waals surface area contributed by atoms with E-state index in [-0.39, 0.29) is 6.03 Å². The molecule has 0 spiro atoms. The number of aromatic nitrogens is 1. The number of benzene rings is 2. The van der Waals surface area contributed by atoms with Crippen LogP contribution < -0.4 is 20.3 Å². The Balaban J connectivity index is 1.21. The molecule has 1 fully saturated rings. The minimum absolute atomic E-state index is 0.252. The van der Waals surface area contributed by atoms with Gasteiger partial charge in [0, 0.05) is 31.5 Å². The highest BCUT2D eigenvalue weighted by molar-refractivity contribution is 5.89. The van der Waals surface area contributed by atoms with Crippen LogP contribution in [0.1, 0.15) is 42.4 Å². The number of hydrogen-bond donors (Lipinski definition) is 2. The maximum Gasteiger partial charge on any atom is 0.319 e. The number of carbonyl (C=O) groups excluding carboxylic acids is 1. The number of rotatable bonds is 9. The number of methoxy groups -OCH3 is 1. The molecule has 1 aromatic heterocycles. The van der Waals surface area contributed by atoms with Crippen molar-refractivity contribution in [3.63, 3.8) is 0 Å². The molecule has 7 heteroatoms. The molecule has 0 saturated carbocycles. The van der Waals surface area contributed by atoms with E-state index in [9.17, 15) is 4.79 Å². The Hall–Kier alpha value is -3.58. The summed E-state index contributed by atoms with van der Waals surface area (Å²) >= 11 is 0. The second kappa shape index (κ2) is 12.8. The van der Waals surface area contributed by atoms with Crippen molar-refractivity contribution in [1.29, 1.82) is 0 Å². The van der Waals surface area contributed by atoms with Crippen LogP contribution in [0.2, 0.25) is 0 Å². The lowest BCUT2D eigenvalue weighted by Gasteiger charge is -2.21. The second-order valence-corrected chi connectivity index (χ2v) is 8.77. The molecule has 7 nitrogen and oxygen atoms in total. The SMILES string of the molecule is COc1ccc(COCc2cccc(NC(=O)NCc3ccc(N4CCCCCC4)nc3)c2)cc1. The Morgan fingerprint density at radius 1 is 0.914 bits per heavy atom. The molecule has 2 heterocycles. The monoisotopic (exact) mass is 474 g/mol. The number of urea groups is 1. The van der Waals surface area contributed by atoms with E-state index in [1.54, 1.807) is 7.11 Å². The number of anilines is 2. The summed E-state index contributed by atoms with van der Waals surface area (Å²) in [7, 11) is 1.65. The van der Waals surface area contributed by atoms with E-state index in [4.69, 9.17) is 9.47 Å². The van der Waals surface area contributed by atoms with Crippen LogP contribution in [0, 0.1) is 0 Å². The number of nitrogens with zero attached hydrogens (tertiary/aromatic N) is 2. The molecular formula is C28H34N4O3. The quantitative estimate of drug-likeness (QED) is 0.428. The largest absolute Gasteiger partial charge is 0.497 e. The van der Waals surface area contributed by atoms with E-state index in [1.165, 1.54) is 25.7 Å². The third-order valence-electron chi connectivity index (χ3n) is 6.07. The predicted octanol–water partition coefficient (Wildman–Crippen LogP) is 5.51. The fraction of sp³-hybridized carbons (Fsp3) is 0.357. The summed E-state index contributed by atoms with van der Waals surface area (Å²) in [6.45, 7) is 3.52. The molecule has 1 aliphatic rings. The van der Waals surface area contributed by atoms with Crippen molar-refractivity contribution in [2.45, 2.75) is 45.4 Å². The zero-order valence-corrected chi connectivity index (χ0v) is 20.3. The van der Waals surface area contributed by atoms with Crippen LogP contribution in [0.25, 0.3) is 0 Å². The molecule has 0 bridgehead atoms. The van der Waals surface area contributed by atoms with Gasteiger partial charge in [0.2, 0.25) is 0 Å². The van der Waals surface area contributed by atoms with E-state index in [1.807, 2.05) is 60.8 Å². The number of pyridine rings is 1. The van der Waals surface area contributed by atoms with Crippen molar-refractivity contribution in [3.05, 3.63) is 83.6 Å². The van der Waals surface area contributed by atoms with Gasteiger partial charge in [0.25, 0.3) is 0 Å². The molecule has 2 aromatic carbocycles. The average Bonchev–Trinajstić information content (AvgIpc) is 3.18. The number of nitrogens with one attached hydrogen (secondary N) is 2. The van der Waals surface area contributed by atoms with Gasteiger partial charge in [-0.3, -0.25) is 0 Å². The first kappa shape index (κ1) is 24.5. The summed E-state index contributed by atoms with van der Waals surface area (Å²) in [5.41, 5.74) is 3.76. The topological polar surface area (TPSA) is 75.7 Å². The van der Waals surface area contributed by atoms with Gasteiger partial charge in [-0.05, 0) is 59.9 Å². The molecule has 4 rings (SSSR count). The number of ether oxygens (including phenoxy) is 2. The molecule has 0 aliphatic carbocycles. The lowest BCUT2D eigenvalue weighted by molar-refractivity contribution is 0.107. The Kier molecular flexibility index (Phi) is 8.95. The number of hydrogen-bond acceptors (Lipinski definition) is 5. The van der Waals surface area contributed by atoms with Crippen LogP contribution in [-0.4, -0.2) is 31.2 Å². The zero-order chi connectivity index (χ0) is 24.3. The van der Waals surface area contributed by atoms with Crippen molar-refractivity contribution >= 4 is 17.5 Å². The van der Waals surface area contributed by atoms with Crippen molar-refractivity contribution in [1.82, 2.24) is 10.3 Å². The van der Waals surface area contributed by atoms with Crippen molar-refractivity contribution in [2.24, 2.45) is 0 Å². The summed E-state index contributed by atoms with van der Waals surface area (Å²) in [6, 6.07) is 19.3. The first-order chi connectivity index (χ1) is 17.2. The van der Waals surface area contributed by atoms with E-state index in [0.717, 1.165) is 47.0 Å². The van der Waals surface area contributed by atoms with Crippen LogP contribution >= 0.6 is 0 Å². The lowest BCUT2D eigenvalue weighted by Crippen LogP contribution is -2.28. The molecule has 184 valence electrons. The highest BCUT2D eigenvalue weighted by Gasteiger charge is 2.11. The molecule has 2 amide bonds. The van der Waals surface area contributed by atoms with Crippen LogP contribution in [0.5, 0.6) is 5.75 Å². The normalized spacial score (nSPS) is 13.7. The summed E-state index contributed by atoms with van der Waals surface area (Å²) in [6.07, 6.45) is 6.89. The highest BCUT2D eigenvalue weighted by Crippen LogP contribution is 2.18. The van der Waals surface area contributed by atoms with Crippen molar-refractivity contribution in [2.75, 3.05) is 30.4 Å². The van der Waals surface area contributed by atoms with Crippen LogP contribution in [-0.2, 0) is 24.5 Å². The minimum Gasteiger partial charge on any atom is -0.497 e. The van der Waals surface area contributed by atoms with E-state index in [0.29, 0.717) is 19.8 Å². The number of amides is 2. The van der Waals surface area contributed by atoms with E-state index < -0.39 is 0 Å². The molecular weight excluding hydrogens is 440 g/mol. The van der Waals surface area contributed by atoms with Crippen molar-refractivity contribution in [3.8, 4) is 5.75 Å². The summed E-state index contributed by atoms with van der Waals surface area (Å²) in [5.74, 6) is 1.85. The van der Waals surface area contributed by atoms with Gasteiger partial charge in [0.1, 0.15) is 11.6 Å². The summed E-state index contributed by atoms with van der Waals surface area (Å²) in [4.78, 5) is 19.4. The molecule has 3 aromatic rings. The standard InChI is InChI=1S/C28H34N4O3/c1-34-26-12-9-22(10-13-26)20-35-21-23-7-6-8-25(17-23)31-28(33)30-19-24-11-14-27(29-18-24)32-15-4-2-3-5-16-32/h6-14,17-18H,2-5,15-16,19-21H2,1H3,(H2,30,31,33). The maximum atomic E-state index is 12.4. The third kappa shape index (κ3) is 7.72. The molecule has 2 N–H and O–H groups in total. The van der Waals surface area contributed by atoms with Gasteiger partial charge < -0.3 is 25.0 Å². The van der Waals surface area contributed by atoms with Gasteiger partial charge in [-0.25, -0.2) is 9.78 Å². The maximum absolute atomic E-state index is 12.4. The van der Waals surface area contributed by atoms with E-state index in [2.05, 4.69) is 26.6 Å². The Morgan fingerprint density at radius 2 is 1.66 bits per heavy atom. The van der Waals surface area contributed by atoms with E-state index >= 15 is 0 Å². The zero-order valence-electron chi connectivity index (χ0n) is 20.3. The highest BCUT2D eigenvalue weighted by atomic mass is 16.5. The van der Waals surface area contributed by atoms with Crippen LogP contribution in [0.15, 0.2) is 66.9 Å². The fourth-order valence-corrected chi connectivity index (χ4v) is 4.11. The average molecular weight is 475 g/mol. The van der Waals surface area contributed by atoms with Crippen LogP contribution in [0.3, 0.4) is 0 Å². The van der Waals surface area contributed by atoms with Gasteiger partial charge in [-0.2, -0.15) is 0 Å². The Labute approximate surface area is 207 Å². The Morgan fingerprint density at radius 3 is 2.37 bits per heavy atom. The third-order valence-corrected chi connectivity index (χ3v) is 6.07. The summed E-state index contributed by atoms with van der Waals surface area (Å²) in [5, 5.41) is 5.80. The Bertz CT molecular complexity index is 1060. The molecule has 0 radical (unpaired) electrons. The molecule has 1 saturated heterocycles. The van der Waals surface area contributed by atoms with Gasteiger partial charge in [-0.1, -0.05) is 43.2 Å². The molecule has 35 heavy (non-hydrogen) atoms. The smallest absolute Gasteiger partial charge is 0.319 e.